The van der Waals surface area contributed by atoms with Crippen LogP contribution in [0.5, 0.6) is 0 Å². The number of nitrogens with one attached hydrogen (secondary N) is 1. The average molecular weight is 878 g/mol. The predicted molar refractivity (Wildman–Crippen MR) is 236 cm³/mol. The monoisotopic (exact) mass is 878 g/mol. The maximum atomic E-state index is 12.3. The van der Waals surface area contributed by atoms with Gasteiger partial charge in [0.15, 0.2) is 12.6 Å². The van der Waals surface area contributed by atoms with Crippen molar-refractivity contribution in [2.24, 2.45) is 0 Å². The van der Waals surface area contributed by atoms with Crippen molar-refractivity contribution >= 4 is 5.91 Å². The van der Waals surface area contributed by atoms with E-state index in [9.17, 15) is 45.6 Å². The molecule has 0 saturated carbocycles. The Hall–Kier alpha value is -1.01. The lowest BCUT2D eigenvalue weighted by atomic mass is 9.97. The summed E-state index contributed by atoms with van der Waals surface area (Å²) >= 11 is 0. The second kappa shape index (κ2) is 35.3. The smallest absolute Gasteiger partial charge is 0.220 e. The third-order valence-electron chi connectivity index (χ3n) is 12.6. The molecule has 0 aromatic rings. The van der Waals surface area contributed by atoms with Crippen LogP contribution in [0.1, 0.15) is 200 Å². The maximum absolute atomic E-state index is 12.3. The molecule has 14 nitrogen and oxygen atoms in total. The molecule has 0 aromatic carbocycles. The number of aliphatic hydroxyl groups is 8. The molecule has 362 valence electrons. The van der Waals surface area contributed by atoms with Gasteiger partial charge in [-0.2, -0.15) is 0 Å². The largest absolute Gasteiger partial charge is 0.394 e. The highest BCUT2D eigenvalue weighted by molar-refractivity contribution is 5.75. The number of unbranched alkanes of at least 4 members (excludes halogenated alkanes) is 26. The molecule has 14 heteroatoms. The Bertz CT molecular complexity index is 1040. The number of ether oxygens (including phenoxy) is 4. The van der Waals surface area contributed by atoms with Gasteiger partial charge in [-0.05, 0) is 6.42 Å². The first-order chi connectivity index (χ1) is 29.6. The molecule has 2 heterocycles. The summed E-state index contributed by atoms with van der Waals surface area (Å²) in [6.45, 7) is 2.32. The average Bonchev–Trinajstić information content (AvgIpc) is 3.26. The van der Waals surface area contributed by atoms with E-state index in [-0.39, 0.29) is 18.9 Å². The minimum atomic E-state index is -1.78. The van der Waals surface area contributed by atoms with Gasteiger partial charge in [0, 0.05) is 6.42 Å². The van der Waals surface area contributed by atoms with Crippen molar-refractivity contribution in [1.82, 2.24) is 5.32 Å². The van der Waals surface area contributed by atoms with E-state index in [2.05, 4.69) is 12.2 Å². The molecule has 9 N–H and O–H groups in total. The number of rotatable bonds is 38. The molecule has 2 rings (SSSR count). The van der Waals surface area contributed by atoms with Crippen LogP contribution in [-0.2, 0) is 23.7 Å². The van der Waals surface area contributed by atoms with Gasteiger partial charge >= 0.3 is 0 Å². The third-order valence-corrected chi connectivity index (χ3v) is 12.6. The first-order valence-electron chi connectivity index (χ1n) is 24.8. The number of hydrogen-bond donors (Lipinski definition) is 9. The molecule has 0 bridgehead atoms. The molecule has 2 fully saturated rings. The van der Waals surface area contributed by atoms with Crippen molar-refractivity contribution in [1.29, 1.82) is 0 Å². The van der Waals surface area contributed by atoms with Gasteiger partial charge in [-0.1, -0.05) is 187 Å². The van der Waals surface area contributed by atoms with Crippen LogP contribution in [0.25, 0.3) is 0 Å². The number of amides is 1. The fourth-order valence-electron chi connectivity index (χ4n) is 8.50. The molecule has 2 aliphatic rings. The normalized spacial score (nSPS) is 27.9. The van der Waals surface area contributed by atoms with Gasteiger partial charge in [-0.25, -0.2) is 0 Å². The van der Waals surface area contributed by atoms with Gasteiger partial charge in [0.2, 0.25) is 5.91 Å². The van der Waals surface area contributed by atoms with Crippen LogP contribution in [0.3, 0.4) is 0 Å². The Morgan fingerprint density at radius 3 is 1.33 bits per heavy atom. The standard InChI is InChI=1S/C47H91NO13/c1-3-5-6-7-8-9-10-11-12-13-14-15-16-17-18-19-20-21-22-23-24-25-26-27-28-29-30-31-36(51)35(48-39(52)4-2)34-58-46-44(57)42(55)45(38(33-50)60-46)61-47-43(56)41(54)40(53)37(32-49)59-47/h35-38,40-47,49-51,53-57H,3-34H2,1-2H3,(H,48,52). The maximum Gasteiger partial charge on any atom is 0.220 e. The quantitative estimate of drug-likeness (QED) is 0.0334. The Balaban J connectivity index is 1.52. The molecule has 12 atom stereocenters. The van der Waals surface area contributed by atoms with Crippen molar-refractivity contribution < 1.29 is 64.6 Å². The molecule has 1 amide bonds. The summed E-state index contributed by atoms with van der Waals surface area (Å²) in [4.78, 5) is 12.3. The molecular formula is C47H91NO13. The zero-order valence-electron chi connectivity index (χ0n) is 38.2. The zero-order valence-corrected chi connectivity index (χ0v) is 38.2. The zero-order chi connectivity index (χ0) is 44.7. The van der Waals surface area contributed by atoms with Crippen molar-refractivity contribution in [2.75, 3.05) is 19.8 Å². The fraction of sp³-hybridized carbons (Fsp3) is 0.979. The number of aliphatic hydroxyl groups excluding tert-OH is 8. The summed E-state index contributed by atoms with van der Waals surface area (Å²) < 4.78 is 22.4. The van der Waals surface area contributed by atoms with Crippen LogP contribution in [0.2, 0.25) is 0 Å². The predicted octanol–water partition coefficient (Wildman–Crippen LogP) is 5.83. The first kappa shape index (κ1) is 56.1. The van der Waals surface area contributed by atoms with Crippen LogP contribution >= 0.6 is 0 Å². The van der Waals surface area contributed by atoms with E-state index < -0.39 is 86.8 Å². The fourth-order valence-corrected chi connectivity index (χ4v) is 8.50. The van der Waals surface area contributed by atoms with Crippen molar-refractivity contribution in [3.05, 3.63) is 0 Å². The van der Waals surface area contributed by atoms with Gasteiger partial charge in [-0.15, -0.1) is 0 Å². The highest BCUT2D eigenvalue weighted by atomic mass is 16.7. The van der Waals surface area contributed by atoms with Crippen LogP contribution in [0.15, 0.2) is 0 Å². The summed E-state index contributed by atoms with van der Waals surface area (Å²) in [6, 6.07) is -0.819. The molecule has 61 heavy (non-hydrogen) atoms. The van der Waals surface area contributed by atoms with E-state index in [1.54, 1.807) is 6.92 Å². The van der Waals surface area contributed by atoms with E-state index in [1.807, 2.05) is 0 Å². The third kappa shape index (κ3) is 23.1. The molecule has 2 aliphatic heterocycles. The highest BCUT2D eigenvalue weighted by Gasteiger charge is 2.51. The summed E-state index contributed by atoms with van der Waals surface area (Å²) in [5.41, 5.74) is 0. The number of carbonyl (C=O) groups is 1. The Labute approximate surface area is 368 Å². The van der Waals surface area contributed by atoms with E-state index in [0.29, 0.717) is 6.42 Å². The minimum Gasteiger partial charge on any atom is -0.394 e. The Kier molecular flexibility index (Phi) is 32.5. The lowest BCUT2D eigenvalue weighted by Gasteiger charge is -2.46. The van der Waals surface area contributed by atoms with E-state index in [0.717, 1.165) is 25.7 Å². The highest BCUT2D eigenvalue weighted by Crippen LogP contribution is 2.30. The second-order valence-electron chi connectivity index (χ2n) is 17.9. The summed E-state index contributed by atoms with van der Waals surface area (Å²) in [5, 5.41) is 85.6. The van der Waals surface area contributed by atoms with Crippen molar-refractivity contribution in [2.45, 2.75) is 274 Å². The van der Waals surface area contributed by atoms with E-state index in [4.69, 9.17) is 18.9 Å². The Morgan fingerprint density at radius 1 is 0.525 bits per heavy atom. The summed E-state index contributed by atoms with van der Waals surface area (Å²) in [6.07, 6.45) is 19.7. The SMILES string of the molecule is CCCCCCCCCCCCCCCCCCCCCCCCCCCCCC(O)C(COC1OC(CO)C(OC2OC(CO)C(O)C(O)C2O)C(O)C1O)NC(=O)CC. The van der Waals surface area contributed by atoms with Gasteiger partial charge in [0.1, 0.15) is 48.8 Å². The molecule has 2 saturated heterocycles. The van der Waals surface area contributed by atoms with Crippen molar-refractivity contribution in [3.8, 4) is 0 Å². The van der Waals surface area contributed by atoms with Gasteiger partial charge < -0.3 is 65.1 Å². The molecule has 0 aliphatic carbocycles. The minimum absolute atomic E-state index is 0.188. The van der Waals surface area contributed by atoms with Crippen LogP contribution < -0.4 is 5.32 Å². The topological polar surface area (TPSA) is 228 Å². The molecule has 0 aromatic heterocycles. The lowest BCUT2D eigenvalue weighted by Crippen LogP contribution is -2.65. The van der Waals surface area contributed by atoms with Crippen LogP contribution in [0, 0.1) is 0 Å². The van der Waals surface area contributed by atoms with Gasteiger partial charge in [0.05, 0.1) is 32.0 Å². The molecular weight excluding hydrogens is 787 g/mol. The molecule has 0 radical (unpaired) electrons. The molecule has 0 spiro atoms. The van der Waals surface area contributed by atoms with Crippen LogP contribution in [0.4, 0.5) is 0 Å². The van der Waals surface area contributed by atoms with Crippen LogP contribution in [-0.4, -0.2) is 140 Å². The number of carbonyl (C=O) groups excluding carboxylic acids is 1. The van der Waals surface area contributed by atoms with E-state index in [1.165, 1.54) is 148 Å². The summed E-state index contributed by atoms with van der Waals surface area (Å²) in [5.74, 6) is -0.292. The lowest BCUT2D eigenvalue weighted by molar-refractivity contribution is -0.359. The number of hydrogen-bond acceptors (Lipinski definition) is 13. The summed E-state index contributed by atoms with van der Waals surface area (Å²) in [7, 11) is 0. The van der Waals surface area contributed by atoms with Crippen molar-refractivity contribution in [3.63, 3.8) is 0 Å². The Morgan fingerprint density at radius 2 is 0.918 bits per heavy atom. The van der Waals surface area contributed by atoms with Gasteiger partial charge in [-0.3, -0.25) is 4.79 Å². The second-order valence-corrected chi connectivity index (χ2v) is 17.9. The first-order valence-corrected chi connectivity index (χ1v) is 24.8. The van der Waals surface area contributed by atoms with Gasteiger partial charge in [0.25, 0.3) is 0 Å². The molecule has 12 unspecified atom stereocenters. The van der Waals surface area contributed by atoms with E-state index >= 15 is 0 Å².